The van der Waals surface area contributed by atoms with E-state index in [9.17, 15) is 9.59 Å². The molecule has 1 aromatic rings. The van der Waals surface area contributed by atoms with Gasteiger partial charge in [0.15, 0.2) is 0 Å². The minimum atomic E-state index is -0.274. The highest BCUT2D eigenvalue weighted by Crippen LogP contribution is 2.14. The van der Waals surface area contributed by atoms with Gasteiger partial charge in [-0.05, 0) is 45.0 Å². The zero-order valence-corrected chi connectivity index (χ0v) is 16.3. The first-order valence-electron chi connectivity index (χ1n) is 8.55. The van der Waals surface area contributed by atoms with Gasteiger partial charge in [-0.3, -0.25) is 14.5 Å². The van der Waals surface area contributed by atoms with Crippen molar-refractivity contribution in [1.82, 2.24) is 15.1 Å². The van der Waals surface area contributed by atoms with E-state index in [1.807, 2.05) is 56.9 Å². The Bertz CT molecular complexity index is 582. The number of nitrogens with one attached hydrogen (secondary N) is 1. The molecule has 0 unspecified atom stereocenters. The zero-order valence-electron chi connectivity index (χ0n) is 16.3. The van der Waals surface area contributed by atoms with Crippen LogP contribution in [-0.2, 0) is 16.1 Å². The molecule has 6 heteroatoms. The van der Waals surface area contributed by atoms with E-state index in [1.165, 1.54) is 0 Å². The molecular formula is C19H31N3O3. The van der Waals surface area contributed by atoms with Crippen molar-refractivity contribution in [3.8, 4) is 5.75 Å². The third-order valence-electron chi connectivity index (χ3n) is 3.67. The van der Waals surface area contributed by atoms with Crippen molar-refractivity contribution < 1.29 is 14.3 Å². The van der Waals surface area contributed by atoms with Crippen LogP contribution in [0.1, 0.15) is 33.3 Å². The second kappa shape index (κ2) is 9.42. The Labute approximate surface area is 151 Å². The monoisotopic (exact) mass is 349 g/mol. The summed E-state index contributed by atoms with van der Waals surface area (Å²) in [6, 6.07) is 7.65. The van der Waals surface area contributed by atoms with E-state index in [0.717, 1.165) is 11.3 Å². The van der Waals surface area contributed by atoms with Crippen molar-refractivity contribution >= 4 is 11.8 Å². The van der Waals surface area contributed by atoms with E-state index in [4.69, 9.17) is 4.74 Å². The maximum atomic E-state index is 12.5. The van der Waals surface area contributed by atoms with Crippen molar-refractivity contribution in [2.24, 2.45) is 0 Å². The fourth-order valence-corrected chi connectivity index (χ4v) is 2.39. The van der Waals surface area contributed by atoms with Crippen molar-refractivity contribution in [2.45, 2.75) is 39.8 Å². The lowest BCUT2D eigenvalue weighted by Crippen LogP contribution is -2.48. The first-order valence-corrected chi connectivity index (χ1v) is 8.55. The molecule has 0 fully saturated rings. The number of rotatable bonds is 8. The Morgan fingerprint density at radius 1 is 1.20 bits per heavy atom. The van der Waals surface area contributed by atoms with Crippen LogP contribution in [0, 0.1) is 0 Å². The Kier molecular flexibility index (Phi) is 7.90. The minimum absolute atomic E-state index is 0.0202. The number of ether oxygens (including phenoxy) is 1. The smallest absolute Gasteiger partial charge is 0.236 e. The van der Waals surface area contributed by atoms with E-state index >= 15 is 0 Å². The number of hydrogen-bond acceptors (Lipinski definition) is 4. The van der Waals surface area contributed by atoms with E-state index in [-0.39, 0.29) is 30.4 Å². The predicted molar refractivity (Wildman–Crippen MR) is 99.5 cm³/mol. The summed E-state index contributed by atoms with van der Waals surface area (Å²) < 4.78 is 5.21. The SMILES string of the molecule is CCN(CC(=O)NC(C)(C)C)CC(=O)N(C)Cc1cccc(OC)c1. The zero-order chi connectivity index (χ0) is 19.0. The highest BCUT2D eigenvalue weighted by molar-refractivity contribution is 5.81. The van der Waals surface area contributed by atoms with E-state index in [1.54, 1.807) is 19.1 Å². The predicted octanol–water partition coefficient (Wildman–Crippen LogP) is 1.89. The van der Waals surface area contributed by atoms with Gasteiger partial charge in [0.05, 0.1) is 20.2 Å². The lowest BCUT2D eigenvalue weighted by atomic mass is 10.1. The number of benzene rings is 1. The maximum Gasteiger partial charge on any atom is 0.236 e. The van der Waals surface area contributed by atoms with Gasteiger partial charge in [0.25, 0.3) is 0 Å². The van der Waals surface area contributed by atoms with Gasteiger partial charge in [-0.25, -0.2) is 0 Å². The Morgan fingerprint density at radius 2 is 1.88 bits per heavy atom. The number of carbonyl (C=O) groups excluding carboxylic acids is 2. The van der Waals surface area contributed by atoms with Gasteiger partial charge >= 0.3 is 0 Å². The van der Waals surface area contributed by atoms with Crippen molar-refractivity contribution in [1.29, 1.82) is 0 Å². The lowest BCUT2D eigenvalue weighted by molar-refractivity contribution is -0.132. The highest BCUT2D eigenvalue weighted by atomic mass is 16.5. The molecule has 140 valence electrons. The Balaban J connectivity index is 2.57. The fourth-order valence-electron chi connectivity index (χ4n) is 2.39. The quantitative estimate of drug-likeness (QED) is 0.778. The molecule has 1 N–H and O–H groups in total. The van der Waals surface area contributed by atoms with Gasteiger partial charge in [0, 0.05) is 19.1 Å². The van der Waals surface area contributed by atoms with E-state index in [2.05, 4.69) is 5.32 Å². The van der Waals surface area contributed by atoms with Crippen LogP contribution in [0.4, 0.5) is 0 Å². The van der Waals surface area contributed by atoms with Gasteiger partial charge in [-0.2, -0.15) is 0 Å². The number of methoxy groups -OCH3 is 1. The largest absolute Gasteiger partial charge is 0.497 e. The average Bonchev–Trinajstić information content (AvgIpc) is 2.52. The number of nitrogens with zero attached hydrogens (tertiary/aromatic N) is 2. The van der Waals surface area contributed by atoms with Crippen LogP contribution in [0.2, 0.25) is 0 Å². The van der Waals surface area contributed by atoms with Gasteiger partial charge in [-0.1, -0.05) is 19.1 Å². The van der Waals surface area contributed by atoms with Gasteiger partial charge in [0.2, 0.25) is 11.8 Å². The Morgan fingerprint density at radius 3 is 2.44 bits per heavy atom. The van der Waals surface area contributed by atoms with Crippen molar-refractivity contribution in [3.63, 3.8) is 0 Å². The molecule has 1 rings (SSSR count). The number of carbonyl (C=O) groups is 2. The van der Waals surface area contributed by atoms with Crippen molar-refractivity contribution in [3.05, 3.63) is 29.8 Å². The first kappa shape index (κ1) is 21.0. The molecule has 0 bridgehead atoms. The summed E-state index contributed by atoms with van der Waals surface area (Å²) in [5, 5.41) is 2.92. The minimum Gasteiger partial charge on any atom is -0.497 e. The summed E-state index contributed by atoms with van der Waals surface area (Å²) in [5.74, 6) is 0.679. The van der Waals surface area contributed by atoms with Crippen LogP contribution < -0.4 is 10.1 Å². The molecule has 0 atom stereocenters. The summed E-state index contributed by atoms with van der Waals surface area (Å²) in [5.41, 5.74) is 0.729. The molecule has 0 saturated carbocycles. The molecule has 2 amide bonds. The topological polar surface area (TPSA) is 61.9 Å². The molecule has 0 spiro atoms. The van der Waals surface area contributed by atoms with Gasteiger partial charge in [-0.15, -0.1) is 0 Å². The van der Waals surface area contributed by atoms with Crippen LogP contribution >= 0.6 is 0 Å². The molecule has 0 heterocycles. The molecule has 0 aliphatic heterocycles. The second-order valence-corrected chi connectivity index (χ2v) is 7.20. The summed E-state index contributed by atoms with van der Waals surface area (Å²) in [6.07, 6.45) is 0. The molecule has 6 nitrogen and oxygen atoms in total. The molecule has 25 heavy (non-hydrogen) atoms. The van der Waals surface area contributed by atoms with Crippen LogP contribution in [0.3, 0.4) is 0 Å². The third-order valence-corrected chi connectivity index (χ3v) is 3.67. The molecular weight excluding hydrogens is 318 g/mol. The second-order valence-electron chi connectivity index (χ2n) is 7.20. The number of hydrogen-bond donors (Lipinski definition) is 1. The van der Waals surface area contributed by atoms with Crippen LogP contribution in [0.25, 0.3) is 0 Å². The molecule has 0 aromatic heterocycles. The van der Waals surface area contributed by atoms with E-state index in [0.29, 0.717) is 13.1 Å². The first-order chi connectivity index (χ1) is 11.6. The molecule has 0 radical (unpaired) electrons. The number of likely N-dealkylation sites (N-methyl/N-ethyl adjacent to an activating group) is 2. The van der Waals surface area contributed by atoms with Crippen LogP contribution in [-0.4, -0.2) is 60.9 Å². The number of amides is 2. The Hall–Kier alpha value is -2.08. The lowest BCUT2D eigenvalue weighted by Gasteiger charge is -2.26. The molecule has 0 saturated heterocycles. The fraction of sp³-hybridized carbons (Fsp3) is 0.579. The standard InChI is InChI=1S/C19H31N3O3/c1-7-22(13-17(23)20-19(2,3)4)14-18(24)21(5)12-15-9-8-10-16(11-15)25-6/h8-11H,7,12-14H2,1-6H3,(H,20,23). The highest BCUT2D eigenvalue weighted by Gasteiger charge is 2.19. The summed E-state index contributed by atoms with van der Waals surface area (Å²) >= 11 is 0. The van der Waals surface area contributed by atoms with Gasteiger partial charge in [0.1, 0.15) is 5.75 Å². The molecule has 0 aliphatic carbocycles. The summed E-state index contributed by atoms with van der Waals surface area (Å²) in [4.78, 5) is 28.0. The maximum absolute atomic E-state index is 12.5. The molecule has 1 aromatic carbocycles. The van der Waals surface area contributed by atoms with Crippen LogP contribution in [0.5, 0.6) is 5.75 Å². The average molecular weight is 349 g/mol. The van der Waals surface area contributed by atoms with Crippen molar-refractivity contribution in [2.75, 3.05) is 33.8 Å². The summed E-state index contributed by atoms with van der Waals surface area (Å²) in [6.45, 7) is 9.33. The van der Waals surface area contributed by atoms with Crippen LogP contribution in [0.15, 0.2) is 24.3 Å². The molecule has 0 aliphatic rings. The third kappa shape index (κ3) is 8.03. The van der Waals surface area contributed by atoms with E-state index < -0.39 is 0 Å². The summed E-state index contributed by atoms with van der Waals surface area (Å²) in [7, 11) is 3.39. The van der Waals surface area contributed by atoms with Gasteiger partial charge < -0.3 is 15.0 Å². The normalized spacial score (nSPS) is 11.3.